The lowest BCUT2D eigenvalue weighted by Gasteiger charge is -2.03. The first-order chi connectivity index (χ1) is 9.01. The van der Waals surface area contributed by atoms with Crippen LogP contribution in [0.1, 0.15) is 23.0 Å². The molecule has 0 aromatic carbocycles. The van der Waals surface area contributed by atoms with E-state index in [9.17, 15) is 9.90 Å². The van der Waals surface area contributed by atoms with Gasteiger partial charge in [0.1, 0.15) is 5.69 Å². The predicted molar refractivity (Wildman–Crippen MR) is 80.3 cm³/mol. The summed E-state index contributed by atoms with van der Waals surface area (Å²) in [5.41, 5.74) is 6.25. The van der Waals surface area contributed by atoms with Crippen LogP contribution < -0.4 is 21.6 Å². The van der Waals surface area contributed by atoms with Gasteiger partial charge in [-0.2, -0.15) is 0 Å². The highest BCUT2D eigenvalue weighted by atomic mass is 32.1. The summed E-state index contributed by atoms with van der Waals surface area (Å²) in [5.74, 6) is -0.989. The molecule has 0 radical (unpaired) electrons. The number of carboxylic acid groups (broad SMARTS) is 1. The van der Waals surface area contributed by atoms with E-state index in [1.54, 1.807) is 12.2 Å². The van der Waals surface area contributed by atoms with Crippen molar-refractivity contribution in [3.8, 4) is 0 Å². The summed E-state index contributed by atoms with van der Waals surface area (Å²) in [5, 5.41) is 13.8. The maximum Gasteiger partial charge on any atom is 0.352 e. The summed E-state index contributed by atoms with van der Waals surface area (Å²) in [6, 6.07) is 0. The molecule has 0 aliphatic carbocycles. The fraction of sp³-hybridized carbons (Fsp3) is 0.231. The second kappa shape index (κ2) is 6.75. The van der Waals surface area contributed by atoms with Crippen LogP contribution in [0.3, 0.4) is 0 Å². The minimum absolute atomic E-state index is 0.186. The van der Waals surface area contributed by atoms with Gasteiger partial charge in [0, 0.05) is 17.1 Å². The Morgan fingerprint density at radius 3 is 2.79 bits per heavy atom. The molecule has 0 aliphatic heterocycles. The summed E-state index contributed by atoms with van der Waals surface area (Å²) in [7, 11) is 0. The fourth-order valence-electron chi connectivity index (χ4n) is 1.86. The van der Waals surface area contributed by atoms with Crippen molar-refractivity contribution in [3.63, 3.8) is 0 Å². The number of aromatic nitrogens is 1. The Hall–Kier alpha value is -2.08. The number of carbonyl (C=O) groups is 1. The van der Waals surface area contributed by atoms with Crippen molar-refractivity contribution >= 4 is 35.5 Å². The van der Waals surface area contributed by atoms with E-state index in [0.29, 0.717) is 18.5 Å². The topological polar surface area (TPSA) is 91.1 Å². The molecular formula is C13H17N3O2S. The van der Waals surface area contributed by atoms with Gasteiger partial charge in [0.15, 0.2) is 5.11 Å². The van der Waals surface area contributed by atoms with Gasteiger partial charge in [-0.05, 0) is 31.1 Å². The number of allylic oxidation sites excluding steroid dienone is 1. The number of H-pyrrole nitrogens is 1. The average Bonchev–Trinajstić information content (AvgIpc) is 2.68. The van der Waals surface area contributed by atoms with Gasteiger partial charge in [0.2, 0.25) is 0 Å². The van der Waals surface area contributed by atoms with Crippen molar-refractivity contribution < 1.29 is 9.90 Å². The number of nitrogens with one attached hydrogen (secondary N) is 2. The highest BCUT2D eigenvalue weighted by molar-refractivity contribution is 7.80. The molecule has 0 spiro atoms. The molecule has 1 aromatic rings. The molecule has 0 atom stereocenters. The van der Waals surface area contributed by atoms with Gasteiger partial charge >= 0.3 is 5.97 Å². The second-order valence-electron chi connectivity index (χ2n) is 3.84. The van der Waals surface area contributed by atoms with Crippen molar-refractivity contribution in [2.24, 2.45) is 5.73 Å². The standard InChI is InChI=1S/C13H17N3O2S/c1-3-5-8-9(6-7-15-13(14)19)11(12(17)18)16-10(8)4-2/h3-5,16H,1,6-7H2,2H3,(H,17,18)(H3,14,15,19)/b8-5-,10-4+. The van der Waals surface area contributed by atoms with Gasteiger partial charge in [0.25, 0.3) is 0 Å². The summed E-state index contributed by atoms with van der Waals surface area (Å²) >= 11 is 4.72. The van der Waals surface area contributed by atoms with Crippen molar-refractivity contribution in [2.75, 3.05) is 6.54 Å². The maximum absolute atomic E-state index is 11.2. The van der Waals surface area contributed by atoms with Gasteiger partial charge in [0.05, 0.1) is 0 Å². The highest BCUT2D eigenvalue weighted by Gasteiger charge is 2.14. The smallest absolute Gasteiger partial charge is 0.352 e. The summed E-state index contributed by atoms with van der Waals surface area (Å²) in [4.78, 5) is 14.1. The predicted octanol–water partition coefficient (Wildman–Crippen LogP) is -0.144. The summed E-state index contributed by atoms with van der Waals surface area (Å²) in [6.07, 6.45) is 5.75. The molecule has 0 amide bonds. The number of nitrogens with two attached hydrogens (primary N) is 1. The Bertz CT molecular complexity index is 617. The van der Waals surface area contributed by atoms with E-state index in [4.69, 9.17) is 18.0 Å². The van der Waals surface area contributed by atoms with E-state index in [-0.39, 0.29) is 10.8 Å². The van der Waals surface area contributed by atoms with Gasteiger partial charge < -0.3 is 21.1 Å². The van der Waals surface area contributed by atoms with Crippen molar-refractivity contribution in [3.05, 3.63) is 34.5 Å². The molecule has 102 valence electrons. The van der Waals surface area contributed by atoms with E-state index < -0.39 is 5.97 Å². The van der Waals surface area contributed by atoms with E-state index in [2.05, 4.69) is 16.9 Å². The van der Waals surface area contributed by atoms with Crippen LogP contribution in [0.2, 0.25) is 0 Å². The van der Waals surface area contributed by atoms with Crippen LogP contribution in [0.5, 0.6) is 0 Å². The molecule has 0 fully saturated rings. The number of rotatable bonds is 5. The maximum atomic E-state index is 11.2. The molecular weight excluding hydrogens is 262 g/mol. The van der Waals surface area contributed by atoms with Crippen LogP contribution in [-0.2, 0) is 6.42 Å². The van der Waals surface area contributed by atoms with Gasteiger partial charge in [-0.3, -0.25) is 0 Å². The molecule has 19 heavy (non-hydrogen) atoms. The van der Waals surface area contributed by atoms with Gasteiger partial charge in [-0.1, -0.05) is 24.8 Å². The lowest BCUT2D eigenvalue weighted by atomic mass is 10.1. The van der Waals surface area contributed by atoms with Crippen LogP contribution in [0, 0.1) is 0 Å². The van der Waals surface area contributed by atoms with Gasteiger partial charge in [-0.15, -0.1) is 0 Å². The molecule has 5 nitrogen and oxygen atoms in total. The van der Waals surface area contributed by atoms with E-state index in [1.165, 1.54) is 0 Å². The molecule has 1 aromatic heterocycles. The SMILES string of the molecule is C=C/C=c1/c(CCNC(N)=S)c(C(=O)O)[nH]/c1=C/C. The van der Waals surface area contributed by atoms with Crippen LogP contribution in [0.4, 0.5) is 0 Å². The monoisotopic (exact) mass is 279 g/mol. The minimum Gasteiger partial charge on any atom is -0.477 e. The third kappa shape index (κ3) is 3.69. The normalized spacial score (nSPS) is 12.5. The Labute approximate surface area is 116 Å². The zero-order chi connectivity index (χ0) is 14.4. The first-order valence-corrected chi connectivity index (χ1v) is 6.18. The molecule has 6 heteroatoms. The summed E-state index contributed by atoms with van der Waals surface area (Å²) in [6.45, 7) is 5.97. The molecule has 0 aliphatic rings. The molecule has 1 rings (SSSR count). The molecule has 1 heterocycles. The van der Waals surface area contributed by atoms with E-state index >= 15 is 0 Å². The van der Waals surface area contributed by atoms with Crippen LogP contribution in [0.25, 0.3) is 12.2 Å². The lowest BCUT2D eigenvalue weighted by Crippen LogP contribution is -2.32. The van der Waals surface area contributed by atoms with Crippen molar-refractivity contribution in [2.45, 2.75) is 13.3 Å². The van der Waals surface area contributed by atoms with Crippen molar-refractivity contribution in [1.29, 1.82) is 0 Å². The number of hydrogen-bond donors (Lipinski definition) is 4. The average molecular weight is 279 g/mol. The number of thiocarbonyl (C=S) groups is 1. The molecule has 0 bridgehead atoms. The zero-order valence-corrected chi connectivity index (χ0v) is 11.5. The first kappa shape index (κ1) is 15.0. The van der Waals surface area contributed by atoms with Crippen molar-refractivity contribution in [1.82, 2.24) is 10.3 Å². The van der Waals surface area contributed by atoms with Crippen LogP contribution >= 0.6 is 12.2 Å². The number of carboxylic acids is 1. The first-order valence-electron chi connectivity index (χ1n) is 5.77. The third-order valence-corrected chi connectivity index (χ3v) is 2.78. The third-order valence-electron chi connectivity index (χ3n) is 2.64. The summed E-state index contributed by atoms with van der Waals surface area (Å²) < 4.78 is 0. The van der Waals surface area contributed by atoms with Gasteiger partial charge in [-0.25, -0.2) is 4.79 Å². The highest BCUT2D eigenvalue weighted by Crippen LogP contribution is 2.00. The Balaban J connectivity index is 3.28. The van der Waals surface area contributed by atoms with E-state index in [0.717, 1.165) is 10.6 Å². The largest absolute Gasteiger partial charge is 0.477 e. The molecule has 0 unspecified atom stereocenters. The quantitative estimate of drug-likeness (QED) is 0.563. The Kier molecular flexibility index (Phi) is 5.32. The Morgan fingerprint density at radius 2 is 2.32 bits per heavy atom. The number of aromatic carboxylic acids is 1. The fourth-order valence-corrected chi connectivity index (χ4v) is 1.97. The number of aromatic amines is 1. The molecule has 0 saturated heterocycles. The molecule has 0 saturated carbocycles. The van der Waals surface area contributed by atoms with Crippen LogP contribution in [-0.4, -0.2) is 27.7 Å². The zero-order valence-electron chi connectivity index (χ0n) is 10.7. The van der Waals surface area contributed by atoms with Crippen LogP contribution in [0.15, 0.2) is 12.7 Å². The second-order valence-corrected chi connectivity index (χ2v) is 4.28. The van der Waals surface area contributed by atoms with E-state index in [1.807, 2.05) is 13.0 Å². The lowest BCUT2D eigenvalue weighted by molar-refractivity contribution is 0.0690. The number of hydrogen-bond acceptors (Lipinski definition) is 2. The minimum atomic E-state index is -0.989. The molecule has 5 N–H and O–H groups in total. The Morgan fingerprint density at radius 1 is 1.63 bits per heavy atom.